The summed E-state index contributed by atoms with van der Waals surface area (Å²) in [5, 5.41) is 3.19. The van der Waals surface area contributed by atoms with Crippen LogP contribution in [0.25, 0.3) is 0 Å². The van der Waals surface area contributed by atoms with E-state index in [1.807, 2.05) is 43.0 Å². The standard InChI is InChI=1S/C17H27N3O2/c1-4-19-9-11-20(12-10-19)17(21)13-18-15-5-7-16(8-6-15)22-14(2)3/h5-8,14,18H,4,9-13H2,1-3H3. The van der Waals surface area contributed by atoms with Crippen LogP contribution in [0.4, 0.5) is 5.69 Å². The lowest BCUT2D eigenvalue weighted by Gasteiger charge is -2.34. The maximum atomic E-state index is 12.2. The second kappa shape index (κ2) is 8.03. The van der Waals surface area contributed by atoms with Gasteiger partial charge >= 0.3 is 0 Å². The van der Waals surface area contributed by atoms with Crippen LogP contribution in [-0.4, -0.2) is 61.1 Å². The molecule has 1 aromatic rings. The van der Waals surface area contributed by atoms with Crippen LogP contribution in [0.2, 0.25) is 0 Å². The third kappa shape index (κ3) is 4.91. The van der Waals surface area contributed by atoms with Crippen LogP contribution < -0.4 is 10.1 Å². The molecule has 5 heteroatoms. The number of carbonyl (C=O) groups is 1. The zero-order valence-electron chi connectivity index (χ0n) is 13.8. The second-order valence-electron chi connectivity index (χ2n) is 5.86. The number of hydrogen-bond acceptors (Lipinski definition) is 4. The molecule has 0 spiro atoms. The van der Waals surface area contributed by atoms with Crippen LogP contribution in [0.5, 0.6) is 5.75 Å². The lowest BCUT2D eigenvalue weighted by atomic mass is 10.3. The lowest BCUT2D eigenvalue weighted by Crippen LogP contribution is -2.49. The van der Waals surface area contributed by atoms with E-state index in [1.54, 1.807) is 0 Å². The average Bonchev–Trinajstić information content (AvgIpc) is 2.53. The number of nitrogens with zero attached hydrogens (tertiary/aromatic N) is 2. The van der Waals surface area contributed by atoms with Crippen molar-refractivity contribution in [2.45, 2.75) is 26.9 Å². The minimum Gasteiger partial charge on any atom is -0.491 e. The zero-order valence-corrected chi connectivity index (χ0v) is 13.8. The zero-order chi connectivity index (χ0) is 15.9. The van der Waals surface area contributed by atoms with Crippen molar-refractivity contribution < 1.29 is 9.53 Å². The minimum atomic E-state index is 0.165. The van der Waals surface area contributed by atoms with E-state index < -0.39 is 0 Å². The van der Waals surface area contributed by atoms with Gasteiger partial charge < -0.3 is 19.9 Å². The molecule has 0 unspecified atom stereocenters. The Morgan fingerprint density at radius 1 is 1.18 bits per heavy atom. The van der Waals surface area contributed by atoms with E-state index in [-0.39, 0.29) is 12.0 Å². The van der Waals surface area contributed by atoms with E-state index in [0.29, 0.717) is 6.54 Å². The van der Waals surface area contributed by atoms with E-state index in [0.717, 1.165) is 44.2 Å². The molecule has 0 atom stereocenters. The highest BCUT2D eigenvalue weighted by atomic mass is 16.5. The van der Waals surface area contributed by atoms with Crippen molar-refractivity contribution in [3.05, 3.63) is 24.3 Å². The first-order chi connectivity index (χ1) is 10.6. The van der Waals surface area contributed by atoms with Gasteiger partial charge in [0.15, 0.2) is 0 Å². The number of likely N-dealkylation sites (N-methyl/N-ethyl adjacent to an activating group) is 1. The number of amides is 1. The Labute approximate surface area is 133 Å². The summed E-state index contributed by atoms with van der Waals surface area (Å²) in [6.45, 7) is 11.2. The maximum Gasteiger partial charge on any atom is 0.241 e. The van der Waals surface area contributed by atoms with Crippen molar-refractivity contribution in [1.82, 2.24) is 9.80 Å². The number of ether oxygens (including phenoxy) is 1. The summed E-state index contributed by atoms with van der Waals surface area (Å²) in [6.07, 6.45) is 0.169. The van der Waals surface area contributed by atoms with E-state index in [9.17, 15) is 4.79 Å². The fraction of sp³-hybridized carbons (Fsp3) is 0.588. The number of carbonyl (C=O) groups excluding carboxylic acids is 1. The van der Waals surface area contributed by atoms with Crippen molar-refractivity contribution in [2.75, 3.05) is 44.6 Å². The highest BCUT2D eigenvalue weighted by molar-refractivity contribution is 5.81. The number of anilines is 1. The van der Waals surface area contributed by atoms with Crippen LogP contribution >= 0.6 is 0 Å². The molecule has 0 bridgehead atoms. The van der Waals surface area contributed by atoms with E-state index in [4.69, 9.17) is 4.74 Å². The summed E-state index contributed by atoms with van der Waals surface area (Å²) < 4.78 is 5.60. The molecule has 22 heavy (non-hydrogen) atoms. The Kier molecular flexibility index (Phi) is 6.07. The minimum absolute atomic E-state index is 0.165. The largest absolute Gasteiger partial charge is 0.491 e. The summed E-state index contributed by atoms with van der Waals surface area (Å²) in [7, 11) is 0. The van der Waals surface area contributed by atoms with Crippen LogP contribution in [0, 0.1) is 0 Å². The Balaban J connectivity index is 1.76. The summed E-state index contributed by atoms with van der Waals surface area (Å²) in [5.41, 5.74) is 0.941. The Hall–Kier alpha value is -1.75. The Morgan fingerprint density at radius 3 is 2.36 bits per heavy atom. The van der Waals surface area contributed by atoms with Crippen LogP contribution in [0.3, 0.4) is 0 Å². The molecule has 2 rings (SSSR count). The van der Waals surface area contributed by atoms with Gasteiger partial charge in [-0.15, -0.1) is 0 Å². The van der Waals surface area contributed by atoms with Gasteiger partial charge in [0.1, 0.15) is 5.75 Å². The van der Waals surface area contributed by atoms with Crippen LogP contribution in [0.1, 0.15) is 20.8 Å². The molecule has 0 radical (unpaired) electrons. The van der Waals surface area contributed by atoms with Crippen molar-refractivity contribution in [2.24, 2.45) is 0 Å². The summed E-state index contributed by atoms with van der Waals surface area (Å²) in [6, 6.07) is 7.74. The van der Waals surface area contributed by atoms with Crippen molar-refractivity contribution >= 4 is 11.6 Å². The van der Waals surface area contributed by atoms with E-state index in [1.165, 1.54) is 0 Å². The number of benzene rings is 1. The molecule has 1 aliphatic heterocycles. The molecule has 1 fully saturated rings. The van der Waals surface area contributed by atoms with Gasteiger partial charge in [-0.3, -0.25) is 4.79 Å². The first kappa shape index (κ1) is 16.6. The van der Waals surface area contributed by atoms with Crippen molar-refractivity contribution in [3.63, 3.8) is 0 Å². The number of piperazine rings is 1. The first-order valence-corrected chi connectivity index (χ1v) is 8.09. The number of nitrogens with one attached hydrogen (secondary N) is 1. The predicted octanol–water partition coefficient (Wildman–Crippen LogP) is 2.05. The highest BCUT2D eigenvalue weighted by Crippen LogP contribution is 2.16. The number of hydrogen-bond donors (Lipinski definition) is 1. The Morgan fingerprint density at radius 2 is 1.82 bits per heavy atom. The molecule has 0 saturated carbocycles. The molecule has 122 valence electrons. The normalized spacial score (nSPS) is 15.9. The molecule has 1 amide bonds. The SMILES string of the molecule is CCN1CCN(C(=O)CNc2ccc(OC(C)C)cc2)CC1. The second-order valence-corrected chi connectivity index (χ2v) is 5.86. The van der Waals surface area contributed by atoms with Gasteiger partial charge in [-0.05, 0) is 44.7 Å². The molecule has 0 aliphatic carbocycles. The Bertz CT molecular complexity index is 465. The number of rotatable bonds is 6. The molecule has 1 N–H and O–H groups in total. The highest BCUT2D eigenvalue weighted by Gasteiger charge is 2.19. The quantitative estimate of drug-likeness (QED) is 0.874. The third-order valence-electron chi connectivity index (χ3n) is 3.84. The monoisotopic (exact) mass is 305 g/mol. The van der Waals surface area contributed by atoms with Crippen LogP contribution in [-0.2, 0) is 4.79 Å². The molecular formula is C17H27N3O2. The van der Waals surface area contributed by atoms with E-state index >= 15 is 0 Å². The molecule has 1 heterocycles. The fourth-order valence-electron chi connectivity index (χ4n) is 2.53. The lowest BCUT2D eigenvalue weighted by molar-refractivity contribution is -0.131. The topological polar surface area (TPSA) is 44.8 Å². The van der Waals surface area contributed by atoms with Gasteiger partial charge in [0.2, 0.25) is 5.91 Å². The summed E-state index contributed by atoms with van der Waals surface area (Å²) in [5.74, 6) is 1.01. The summed E-state index contributed by atoms with van der Waals surface area (Å²) in [4.78, 5) is 16.5. The van der Waals surface area contributed by atoms with Crippen molar-refractivity contribution in [3.8, 4) is 5.75 Å². The van der Waals surface area contributed by atoms with Gasteiger partial charge in [-0.1, -0.05) is 6.92 Å². The van der Waals surface area contributed by atoms with E-state index in [2.05, 4.69) is 17.1 Å². The van der Waals surface area contributed by atoms with Gasteiger partial charge in [-0.25, -0.2) is 0 Å². The maximum absolute atomic E-state index is 12.2. The van der Waals surface area contributed by atoms with Gasteiger partial charge in [0, 0.05) is 31.9 Å². The first-order valence-electron chi connectivity index (χ1n) is 8.09. The van der Waals surface area contributed by atoms with Gasteiger partial charge in [-0.2, -0.15) is 0 Å². The smallest absolute Gasteiger partial charge is 0.241 e. The molecular weight excluding hydrogens is 278 g/mol. The van der Waals surface area contributed by atoms with Crippen molar-refractivity contribution in [1.29, 1.82) is 0 Å². The predicted molar refractivity (Wildman–Crippen MR) is 89.4 cm³/mol. The molecule has 1 aromatic carbocycles. The van der Waals surface area contributed by atoms with Crippen LogP contribution in [0.15, 0.2) is 24.3 Å². The molecule has 5 nitrogen and oxygen atoms in total. The van der Waals surface area contributed by atoms with Gasteiger partial charge in [0.25, 0.3) is 0 Å². The molecule has 1 aliphatic rings. The molecule has 1 saturated heterocycles. The molecule has 0 aromatic heterocycles. The fourth-order valence-corrected chi connectivity index (χ4v) is 2.53. The summed E-state index contributed by atoms with van der Waals surface area (Å²) >= 11 is 0. The third-order valence-corrected chi connectivity index (χ3v) is 3.84. The average molecular weight is 305 g/mol. The van der Waals surface area contributed by atoms with Gasteiger partial charge in [0.05, 0.1) is 12.6 Å².